The molecule has 4 heterocycles. The largest absolute Gasteiger partial charge is 0.387 e. The summed E-state index contributed by atoms with van der Waals surface area (Å²) in [5, 5.41) is 22.9. The van der Waals surface area contributed by atoms with E-state index >= 15 is 0 Å². The Morgan fingerprint density at radius 3 is 1.89 bits per heavy atom. The van der Waals surface area contributed by atoms with Gasteiger partial charge in [-0.2, -0.15) is 0 Å². The summed E-state index contributed by atoms with van der Waals surface area (Å²) in [5.74, 6) is 0. The fourth-order valence-electron chi connectivity index (χ4n) is 7.09. The minimum atomic E-state index is -1.04. The molecule has 2 N–H and O–H groups in total. The lowest BCUT2D eigenvalue weighted by Crippen LogP contribution is -2.57. The molecule has 8 heteroatoms. The summed E-state index contributed by atoms with van der Waals surface area (Å²) in [6.07, 6.45) is 7.08. The van der Waals surface area contributed by atoms with E-state index in [4.69, 9.17) is 18.9 Å². The molecule has 0 aromatic carbocycles. The quantitative estimate of drug-likeness (QED) is 0.330. The zero-order valence-electron chi connectivity index (χ0n) is 24.8. The lowest BCUT2D eigenvalue weighted by molar-refractivity contribution is -0.261. The molecule has 0 aromatic heterocycles. The smallest absolute Gasteiger partial charge is 0.0921 e. The van der Waals surface area contributed by atoms with Crippen LogP contribution in [0, 0.1) is 0 Å². The van der Waals surface area contributed by atoms with Crippen LogP contribution in [0.5, 0.6) is 0 Å². The van der Waals surface area contributed by atoms with Crippen molar-refractivity contribution in [2.75, 3.05) is 0 Å². The Morgan fingerprint density at radius 1 is 0.711 bits per heavy atom. The lowest BCUT2D eigenvalue weighted by Gasteiger charge is -2.49. The maximum atomic E-state index is 11.7. The molecular formula is C30H52Br2O6. The van der Waals surface area contributed by atoms with Gasteiger partial charge >= 0.3 is 0 Å². The van der Waals surface area contributed by atoms with Gasteiger partial charge in [-0.25, -0.2) is 0 Å². The Bertz CT molecular complexity index is 847. The second-order valence-corrected chi connectivity index (χ2v) is 16.9. The first kappa shape index (κ1) is 31.7. The molecule has 38 heavy (non-hydrogen) atoms. The van der Waals surface area contributed by atoms with Crippen molar-refractivity contribution in [1.29, 1.82) is 0 Å². The van der Waals surface area contributed by atoms with Crippen molar-refractivity contribution in [2.45, 2.75) is 187 Å². The van der Waals surface area contributed by atoms with Crippen molar-refractivity contribution in [3.05, 3.63) is 0 Å². The highest BCUT2D eigenvalue weighted by molar-refractivity contribution is 9.09. The van der Waals surface area contributed by atoms with E-state index in [0.717, 1.165) is 44.9 Å². The van der Waals surface area contributed by atoms with Gasteiger partial charge in [0.25, 0.3) is 0 Å². The number of ether oxygens (including phenoxy) is 4. The molecule has 0 amide bonds. The second-order valence-electron chi connectivity index (χ2n) is 14.6. The number of halogens is 2. The molecule has 222 valence electrons. The summed E-state index contributed by atoms with van der Waals surface area (Å²) in [6.45, 7) is 16.6. The van der Waals surface area contributed by atoms with Gasteiger partial charge in [0.05, 0.1) is 58.0 Å². The molecule has 4 rings (SSSR count). The molecule has 6 nitrogen and oxygen atoms in total. The van der Waals surface area contributed by atoms with Gasteiger partial charge in [-0.3, -0.25) is 0 Å². The Labute approximate surface area is 247 Å². The van der Waals surface area contributed by atoms with Crippen molar-refractivity contribution >= 4 is 31.9 Å². The average Bonchev–Trinajstić information content (AvgIpc) is 3.01. The molecule has 0 bridgehead atoms. The second kappa shape index (κ2) is 10.8. The SMILES string of the molecule is CC1(C)O[C@@H](CC[C@@](C)(O)[C@H]2CC[C@@H]3O[C@]4(C)CC[C@@H](Br)C(C)(C)O[C@@H]4CC[C@@]3(C)O2)[C@@](C)(O)CC[C@H]1Br. The zero-order chi connectivity index (χ0) is 28.4. The van der Waals surface area contributed by atoms with Crippen molar-refractivity contribution in [1.82, 2.24) is 0 Å². The van der Waals surface area contributed by atoms with Crippen LogP contribution >= 0.6 is 31.9 Å². The van der Waals surface area contributed by atoms with Crippen molar-refractivity contribution in [3.63, 3.8) is 0 Å². The fourth-order valence-corrected chi connectivity index (χ4v) is 7.76. The van der Waals surface area contributed by atoms with Crippen LogP contribution < -0.4 is 0 Å². The van der Waals surface area contributed by atoms with E-state index in [0.29, 0.717) is 24.1 Å². The molecule has 0 unspecified atom stereocenters. The first-order chi connectivity index (χ1) is 17.3. The highest BCUT2D eigenvalue weighted by Crippen LogP contribution is 2.49. The lowest BCUT2D eigenvalue weighted by atomic mass is 9.79. The van der Waals surface area contributed by atoms with Gasteiger partial charge < -0.3 is 29.2 Å². The molecule has 4 saturated heterocycles. The van der Waals surface area contributed by atoms with E-state index in [2.05, 4.69) is 73.4 Å². The molecule has 0 spiro atoms. The molecule has 0 aromatic rings. The number of rotatable bonds is 4. The van der Waals surface area contributed by atoms with Gasteiger partial charge in [-0.15, -0.1) is 0 Å². The third kappa shape index (κ3) is 6.38. The minimum Gasteiger partial charge on any atom is -0.387 e. The molecule has 4 aliphatic heterocycles. The van der Waals surface area contributed by atoms with E-state index in [1.807, 2.05) is 13.8 Å². The fraction of sp³-hybridized carbons (Fsp3) is 1.00. The molecule has 4 aliphatic rings. The van der Waals surface area contributed by atoms with Crippen LogP contribution in [-0.4, -0.2) is 77.9 Å². The first-order valence-electron chi connectivity index (χ1n) is 14.7. The Hall–Kier alpha value is 0.720. The maximum Gasteiger partial charge on any atom is 0.0921 e. The van der Waals surface area contributed by atoms with Gasteiger partial charge in [0.15, 0.2) is 0 Å². The minimum absolute atomic E-state index is 0.00117. The highest BCUT2D eigenvalue weighted by atomic mass is 79.9. The van der Waals surface area contributed by atoms with Crippen LogP contribution in [0.25, 0.3) is 0 Å². The van der Waals surface area contributed by atoms with E-state index in [-0.39, 0.29) is 40.4 Å². The first-order valence-corrected chi connectivity index (χ1v) is 16.6. The molecule has 0 aliphatic carbocycles. The zero-order valence-corrected chi connectivity index (χ0v) is 28.0. The van der Waals surface area contributed by atoms with Crippen molar-refractivity contribution in [2.24, 2.45) is 0 Å². The summed E-state index contributed by atoms with van der Waals surface area (Å²) in [6, 6.07) is 0. The van der Waals surface area contributed by atoms with Gasteiger partial charge in [-0.05, 0) is 120 Å². The van der Waals surface area contributed by atoms with E-state index < -0.39 is 22.4 Å². The molecule has 10 atom stereocenters. The Balaban J connectivity index is 1.44. The van der Waals surface area contributed by atoms with E-state index in [1.54, 1.807) is 0 Å². The summed E-state index contributed by atoms with van der Waals surface area (Å²) in [5.41, 5.74) is -3.49. The molecule has 0 radical (unpaired) electrons. The van der Waals surface area contributed by atoms with Crippen LogP contribution in [0.3, 0.4) is 0 Å². The number of aliphatic hydroxyl groups is 2. The summed E-state index contributed by atoms with van der Waals surface area (Å²) in [7, 11) is 0. The molecular weight excluding hydrogens is 616 g/mol. The average molecular weight is 669 g/mol. The normalized spacial score (nSPS) is 48.9. The van der Waals surface area contributed by atoms with Gasteiger partial charge in [0, 0.05) is 9.65 Å². The predicted molar refractivity (Wildman–Crippen MR) is 157 cm³/mol. The Morgan fingerprint density at radius 2 is 1.24 bits per heavy atom. The maximum absolute atomic E-state index is 11.7. The van der Waals surface area contributed by atoms with Crippen LogP contribution in [0.2, 0.25) is 0 Å². The predicted octanol–water partition coefficient (Wildman–Crippen LogP) is 6.59. The standard InChI is InChI=1S/C30H52Br2O6/c1-25(2)19(31)11-15-27(5,33)22(35-25)13-16-28(6,34)21-9-10-23-30(8,37-21)18-14-24-29(7,38-23)17-12-20(32)26(3,4)36-24/h19-24,33-34H,9-18H2,1-8H3/t19-,20-,21-,22+,23+,24-,27+,28-,29-,30-/m1/s1. The van der Waals surface area contributed by atoms with E-state index in [1.165, 1.54) is 0 Å². The third-order valence-electron chi connectivity index (χ3n) is 10.3. The number of hydrogen-bond acceptors (Lipinski definition) is 6. The summed E-state index contributed by atoms with van der Waals surface area (Å²) in [4.78, 5) is 0.464. The summed E-state index contributed by atoms with van der Waals surface area (Å²) < 4.78 is 26.8. The van der Waals surface area contributed by atoms with Gasteiger partial charge in [-0.1, -0.05) is 31.9 Å². The monoisotopic (exact) mass is 666 g/mol. The molecule has 4 fully saturated rings. The number of alkyl halides is 2. The van der Waals surface area contributed by atoms with Crippen LogP contribution in [-0.2, 0) is 18.9 Å². The van der Waals surface area contributed by atoms with Crippen LogP contribution in [0.15, 0.2) is 0 Å². The highest BCUT2D eigenvalue weighted by Gasteiger charge is 2.55. The van der Waals surface area contributed by atoms with Gasteiger partial charge in [0.2, 0.25) is 0 Å². The topological polar surface area (TPSA) is 77.4 Å². The van der Waals surface area contributed by atoms with Crippen molar-refractivity contribution < 1.29 is 29.2 Å². The third-order valence-corrected chi connectivity index (χ3v) is 13.4. The molecule has 0 saturated carbocycles. The van der Waals surface area contributed by atoms with Crippen molar-refractivity contribution in [3.8, 4) is 0 Å². The van der Waals surface area contributed by atoms with Gasteiger partial charge in [0.1, 0.15) is 0 Å². The summed E-state index contributed by atoms with van der Waals surface area (Å²) >= 11 is 7.60. The number of hydrogen-bond donors (Lipinski definition) is 2. The van der Waals surface area contributed by atoms with Crippen LogP contribution in [0.4, 0.5) is 0 Å². The van der Waals surface area contributed by atoms with E-state index in [9.17, 15) is 10.2 Å². The number of fused-ring (bicyclic) bond motifs is 2. The van der Waals surface area contributed by atoms with Crippen LogP contribution in [0.1, 0.15) is 120 Å². The Kier molecular flexibility index (Phi) is 8.97.